The summed E-state index contributed by atoms with van der Waals surface area (Å²) >= 11 is 0. The van der Waals surface area contributed by atoms with Crippen LogP contribution >= 0.6 is 0 Å². The molecule has 1 aromatic heterocycles. The molecule has 4 rings (SSSR count). The van der Waals surface area contributed by atoms with E-state index in [2.05, 4.69) is 31.3 Å². The average Bonchev–Trinajstić information content (AvgIpc) is 3.35. The zero-order chi connectivity index (χ0) is 26.9. The Morgan fingerprint density at radius 2 is 1.82 bits per heavy atom. The highest BCUT2D eigenvalue weighted by atomic mass is 16.5. The SMILES string of the molecule is CCCOc1ccc(-c2nn(-c3ccccc3)cc2/C=N/NC(=O)COc2cc(C)ccc2C(C)C)cc1. The molecule has 0 spiro atoms. The summed E-state index contributed by atoms with van der Waals surface area (Å²) in [4.78, 5) is 12.5. The van der Waals surface area contributed by atoms with E-state index in [1.165, 1.54) is 0 Å². The molecule has 1 N–H and O–H groups in total. The number of hydrazone groups is 1. The predicted molar refractivity (Wildman–Crippen MR) is 151 cm³/mol. The van der Waals surface area contributed by atoms with Crippen molar-refractivity contribution < 1.29 is 14.3 Å². The molecule has 7 heteroatoms. The van der Waals surface area contributed by atoms with Crippen molar-refractivity contribution in [1.29, 1.82) is 0 Å². The summed E-state index contributed by atoms with van der Waals surface area (Å²) in [5.41, 5.74) is 8.06. The van der Waals surface area contributed by atoms with Crippen molar-refractivity contribution in [2.75, 3.05) is 13.2 Å². The van der Waals surface area contributed by atoms with Gasteiger partial charge in [-0.25, -0.2) is 10.1 Å². The molecule has 0 saturated carbocycles. The van der Waals surface area contributed by atoms with Gasteiger partial charge in [-0.15, -0.1) is 0 Å². The molecule has 1 heterocycles. The van der Waals surface area contributed by atoms with Crippen molar-refractivity contribution in [2.45, 2.75) is 40.0 Å². The number of rotatable bonds is 11. The fraction of sp³-hybridized carbons (Fsp3) is 0.258. The van der Waals surface area contributed by atoms with Crippen LogP contribution in [0.3, 0.4) is 0 Å². The highest BCUT2D eigenvalue weighted by Gasteiger charge is 2.13. The van der Waals surface area contributed by atoms with Crippen molar-refractivity contribution in [3.8, 4) is 28.4 Å². The minimum absolute atomic E-state index is 0.129. The normalized spacial score (nSPS) is 11.2. The number of aromatic nitrogens is 2. The summed E-state index contributed by atoms with van der Waals surface area (Å²) in [7, 11) is 0. The first kappa shape index (κ1) is 26.7. The standard InChI is InChI=1S/C31H34N4O3/c1-5-17-37-27-14-12-24(13-15-27)31-25(20-35(34-31)26-9-7-6-8-10-26)19-32-33-30(36)21-38-29-18-23(4)11-16-28(29)22(2)3/h6-16,18-20,22H,5,17,21H2,1-4H3,(H,33,36)/b32-19+. The van der Waals surface area contributed by atoms with Gasteiger partial charge in [0, 0.05) is 17.3 Å². The van der Waals surface area contributed by atoms with E-state index in [4.69, 9.17) is 14.6 Å². The Hall–Kier alpha value is -4.39. The van der Waals surface area contributed by atoms with E-state index in [-0.39, 0.29) is 12.5 Å². The third-order valence-corrected chi connectivity index (χ3v) is 5.91. The van der Waals surface area contributed by atoms with Gasteiger partial charge >= 0.3 is 0 Å². The summed E-state index contributed by atoms with van der Waals surface area (Å²) in [6.07, 6.45) is 4.44. The van der Waals surface area contributed by atoms with Gasteiger partial charge in [0.2, 0.25) is 0 Å². The van der Waals surface area contributed by atoms with Gasteiger partial charge in [-0.3, -0.25) is 4.79 Å². The number of nitrogens with one attached hydrogen (secondary N) is 1. The molecule has 3 aromatic carbocycles. The topological polar surface area (TPSA) is 77.7 Å². The van der Waals surface area contributed by atoms with Crippen LogP contribution in [0.25, 0.3) is 16.9 Å². The van der Waals surface area contributed by atoms with Gasteiger partial charge in [0.15, 0.2) is 6.61 Å². The number of aryl methyl sites for hydroxylation is 1. The lowest BCUT2D eigenvalue weighted by Gasteiger charge is -2.14. The first-order chi connectivity index (χ1) is 18.4. The maximum absolute atomic E-state index is 12.5. The van der Waals surface area contributed by atoms with Gasteiger partial charge in [-0.2, -0.15) is 10.2 Å². The zero-order valence-electron chi connectivity index (χ0n) is 22.3. The van der Waals surface area contributed by atoms with Crippen LogP contribution in [0.1, 0.15) is 49.8 Å². The Balaban J connectivity index is 1.49. The van der Waals surface area contributed by atoms with Gasteiger partial charge in [-0.1, -0.05) is 51.1 Å². The molecule has 0 atom stereocenters. The predicted octanol–water partition coefficient (Wildman–Crippen LogP) is 6.29. The largest absolute Gasteiger partial charge is 0.494 e. The summed E-state index contributed by atoms with van der Waals surface area (Å²) in [6, 6.07) is 23.7. The third kappa shape index (κ3) is 6.88. The quantitative estimate of drug-likeness (QED) is 0.190. The minimum Gasteiger partial charge on any atom is -0.494 e. The fourth-order valence-electron chi connectivity index (χ4n) is 3.94. The molecule has 4 aromatic rings. The Morgan fingerprint density at radius 1 is 1.05 bits per heavy atom. The Morgan fingerprint density at radius 3 is 2.53 bits per heavy atom. The number of carbonyl (C=O) groups is 1. The van der Waals surface area contributed by atoms with Crippen LogP contribution in [-0.2, 0) is 4.79 Å². The van der Waals surface area contributed by atoms with E-state index in [0.29, 0.717) is 12.5 Å². The second kappa shape index (κ2) is 12.7. The van der Waals surface area contributed by atoms with Crippen LogP contribution in [-0.4, -0.2) is 35.1 Å². The zero-order valence-corrected chi connectivity index (χ0v) is 22.3. The Kier molecular flexibility index (Phi) is 8.93. The van der Waals surface area contributed by atoms with Gasteiger partial charge in [0.1, 0.15) is 17.2 Å². The summed E-state index contributed by atoms with van der Waals surface area (Å²) < 4.78 is 13.3. The molecule has 0 bridgehead atoms. The molecule has 0 saturated heterocycles. The van der Waals surface area contributed by atoms with E-state index in [1.54, 1.807) is 10.9 Å². The van der Waals surface area contributed by atoms with Gasteiger partial charge in [-0.05, 0) is 72.9 Å². The molecule has 0 radical (unpaired) electrons. The molecule has 0 unspecified atom stereocenters. The van der Waals surface area contributed by atoms with Crippen LogP contribution in [0, 0.1) is 6.92 Å². The number of hydrogen-bond donors (Lipinski definition) is 1. The molecule has 7 nitrogen and oxygen atoms in total. The van der Waals surface area contributed by atoms with Gasteiger partial charge < -0.3 is 9.47 Å². The molecule has 0 aliphatic rings. The molecule has 196 valence electrons. The number of benzene rings is 3. The lowest BCUT2D eigenvalue weighted by Crippen LogP contribution is -2.25. The summed E-state index contributed by atoms with van der Waals surface area (Å²) in [6.45, 7) is 8.82. The van der Waals surface area contributed by atoms with Crippen LogP contribution in [0.5, 0.6) is 11.5 Å². The van der Waals surface area contributed by atoms with Crippen molar-refractivity contribution in [2.24, 2.45) is 5.10 Å². The van der Waals surface area contributed by atoms with Crippen molar-refractivity contribution in [3.63, 3.8) is 0 Å². The maximum Gasteiger partial charge on any atom is 0.277 e. The third-order valence-electron chi connectivity index (χ3n) is 5.91. The number of amides is 1. The monoisotopic (exact) mass is 510 g/mol. The minimum atomic E-state index is -0.341. The number of nitrogens with zero attached hydrogens (tertiary/aromatic N) is 3. The van der Waals surface area contributed by atoms with E-state index >= 15 is 0 Å². The van der Waals surface area contributed by atoms with Crippen molar-refractivity contribution in [3.05, 3.63) is 95.7 Å². The molecule has 1 amide bonds. The van der Waals surface area contributed by atoms with Crippen LogP contribution in [0.4, 0.5) is 0 Å². The van der Waals surface area contributed by atoms with E-state index in [0.717, 1.165) is 51.6 Å². The molecule has 38 heavy (non-hydrogen) atoms. The number of ether oxygens (including phenoxy) is 2. The first-order valence-electron chi connectivity index (χ1n) is 12.9. The second-order valence-corrected chi connectivity index (χ2v) is 9.36. The summed E-state index contributed by atoms with van der Waals surface area (Å²) in [5, 5.41) is 9.00. The number of para-hydroxylation sites is 1. The smallest absolute Gasteiger partial charge is 0.277 e. The average molecular weight is 511 g/mol. The molecular formula is C31H34N4O3. The van der Waals surface area contributed by atoms with E-state index in [1.807, 2.05) is 85.9 Å². The first-order valence-corrected chi connectivity index (χ1v) is 12.9. The number of hydrogen-bond acceptors (Lipinski definition) is 5. The molecule has 0 aliphatic heterocycles. The highest BCUT2D eigenvalue weighted by molar-refractivity contribution is 5.89. The Labute approximate surface area is 224 Å². The van der Waals surface area contributed by atoms with Crippen LogP contribution in [0.2, 0.25) is 0 Å². The molecular weight excluding hydrogens is 476 g/mol. The molecule has 0 fully saturated rings. The van der Waals surface area contributed by atoms with Gasteiger partial charge in [0.05, 0.1) is 18.5 Å². The van der Waals surface area contributed by atoms with E-state index in [9.17, 15) is 4.79 Å². The second-order valence-electron chi connectivity index (χ2n) is 9.36. The van der Waals surface area contributed by atoms with Crippen LogP contribution < -0.4 is 14.9 Å². The fourth-order valence-corrected chi connectivity index (χ4v) is 3.94. The maximum atomic E-state index is 12.5. The summed E-state index contributed by atoms with van der Waals surface area (Å²) in [5.74, 6) is 1.48. The lowest BCUT2D eigenvalue weighted by atomic mass is 10.0. The van der Waals surface area contributed by atoms with Crippen molar-refractivity contribution in [1.82, 2.24) is 15.2 Å². The van der Waals surface area contributed by atoms with Crippen molar-refractivity contribution >= 4 is 12.1 Å². The molecule has 0 aliphatic carbocycles. The van der Waals surface area contributed by atoms with E-state index < -0.39 is 0 Å². The lowest BCUT2D eigenvalue weighted by molar-refractivity contribution is -0.123. The van der Waals surface area contributed by atoms with Crippen LogP contribution in [0.15, 0.2) is 84.1 Å². The van der Waals surface area contributed by atoms with Gasteiger partial charge in [0.25, 0.3) is 5.91 Å². The Bertz CT molecular complexity index is 1380. The number of carbonyl (C=O) groups excluding carboxylic acids is 1. The highest BCUT2D eigenvalue weighted by Crippen LogP contribution is 2.28.